The molecule has 0 aliphatic carbocycles. The fourth-order valence-corrected chi connectivity index (χ4v) is 3.66. The summed E-state index contributed by atoms with van der Waals surface area (Å²) in [7, 11) is 0. The molecule has 0 unspecified atom stereocenters. The third-order valence-electron chi connectivity index (χ3n) is 4.52. The summed E-state index contributed by atoms with van der Waals surface area (Å²) in [6.07, 6.45) is 1.14. The summed E-state index contributed by atoms with van der Waals surface area (Å²) < 4.78 is 17.0. The van der Waals surface area contributed by atoms with Crippen molar-refractivity contribution in [3.63, 3.8) is 0 Å². The number of ether oxygens (including phenoxy) is 3. The van der Waals surface area contributed by atoms with Gasteiger partial charge in [0.1, 0.15) is 5.75 Å². The molecule has 9 heteroatoms. The van der Waals surface area contributed by atoms with Crippen LogP contribution in [0.2, 0.25) is 0 Å². The van der Waals surface area contributed by atoms with E-state index in [2.05, 4.69) is 27.1 Å². The van der Waals surface area contributed by atoms with Crippen molar-refractivity contribution in [1.82, 2.24) is 15.2 Å². The Morgan fingerprint density at radius 1 is 1.22 bits per heavy atom. The number of fused-ring (bicyclic) bond motifs is 3. The van der Waals surface area contributed by atoms with Gasteiger partial charge in [-0.1, -0.05) is 48.2 Å². The Kier molecular flexibility index (Phi) is 6.86. The number of hydrogen-bond acceptors (Lipinski definition) is 9. The van der Waals surface area contributed by atoms with Crippen molar-refractivity contribution in [2.45, 2.75) is 18.3 Å². The van der Waals surface area contributed by atoms with Crippen molar-refractivity contribution < 1.29 is 19.0 Å². The predicted octanol–water partition coefficient (Wildman–Crippen LogP) is 4.26. The smallest absolute Gasteiger partial charge is 0.344 e. The lowest BCUT2D eigenvalue weighted by molar-refractivity contribution is -0.145. The molecule has 0 saturated carbocycles. The van der Waals surface area contributed by atoms with Crippen molar-refractivity contribution in [2.24, 2.45) is 0 Å². The second-order valence-corrected chi connectivity index (χ2v) is 7.65. The van der Waals surface area contributed by atoms with E-state index in [0.717, 1.165) is 11.3 Å². The van der Waals surface area contributed by atoms with Gasteiger partial charge < -0.3 is 19.5 Å². The molecule has 0 saturated heterocycles. The van der Waals surface area contributed by atoms with Gasteiger partial charge in [-0.05, 0) is 25.1 Å². The third kappa shape index (κ3) is 4.83. The van der Waals surface area contributed by atoms with E-state index < -0.39 is 12.2 Å². The highest BCUT2D eigenvalue weighted by atomic mass is 32.2. The Labute approximate surface area is 190 Å². The van der Waals surface area contributed by atoms with Gasteiger partial charge in [0.25, 0.3) is 0 Å². The lowest BCUT2D eigenvalue weighted by Crippen LogP contribution is -2.20. The first-order chi connectivity index (χ1) is 15.7. The summed E-state index contributed by atoms with van der Waals surface area (Å²) in [6.45, 7) is 5.58. The van der Waals surface area contributed by atoms with Gasteiger partial charge in [0.05, 0.1) is 12.2 Å². The maximum atomic E-state index is 11.8. The Balaban J connectivity index is 1.70. The second kappa shape index (κ2) is 10.1. The summed E-state index contributed by atoms with van der Waals surface area (Å²) >= 11 is 1.42. The van der Waals surface area contributed by atoms with Crippen molar-refractivity contribution in [3.8, 4) is 22.9 Å². The number of carbonyl (C=O) groups excluding carboxylic acids is 1. The molecule has 32 heavy (non-hydrogen) atoms. The zero-order valence-corrected chi connectivity index (χ0v) is 18.3. The summed E-state index contributed by atoms with van der Waals surface area (Å²) in [4.78, 5) is 16.4. The lowest BCUT2D eigenvalue weighted by atomic mass is 10.1. The first-order valence-corrected chi connectivity index (χ1v) is 11.1. The van der Waals surface area contributed by atoms with Crippen molar-refractivity contribution in [3.05, 3.63) is 66.7 Å². The fraction of sp³-hybridized carbons (Fsp3) is 0.217. The van der Waals surface area contributed by atoms with Gasteiger partial charge in [0.15, 0.2) is 12.3 Å². The summed E-state index contributed by atoms with van der Waals surface area (Å²) in [5, 5.41) is 12.5. The molecule has 0 fully saturated rings. The first-order valence-electron chi connectivity index (χ1n) is 10.1. The number of rotatable bonds is 8. The Morgan fingerprint density at radius 3 is 2.88 bits per heavy atom. The van der Waals surface area contributed by atoms with E-state index in [1.54, 1.807) is 19.1 Å². The minimum Gasteiger partial charge on any atom is -0.481 e. The largest absolute Gasteiger partial charge is 0.481 e. The molecule has 3 aromatic rings. The Bertz CT molecular complexity index is 1120. The van der Waals surface area contributed by atoms with E-state index in [-0.39, 0.29) is 6.61 Å². The maximum absolute atomic E-state index is 11.8. The molecule has 1 aliphatic heterocycles. The van der Waals surface area contributed by atoms with Gasteiger partial charge in [-0.25, -0.2) is 4.79 Å². The average Bonchev–Trinajstić information content (AvgIpc) is 2.98. The zero-order chi connectivity index (χ0) is 22.3. The Morgan fingerprint density at radius 2 is 2.03 bits per heavy atom. The molecule has 1 atom stereocenters. The van der Waals surface area contributed by atoms with Crippen LogP contribution in [0.15, 0.2) is 66.3 Å². The number of thioether (sulfide) groups is 1. The molecule has 0 bridgehead atoms. The van der Waals surface area contributed by atoms with Gasteiger partial charge in [-0.3, -0.25) is 0 Å². The zero-order valence-electron chi connectivity index (χ0n) is 17.5. The minimum atomic E-state index is -0.634. The van der Waals surface area contributed by atoms with E-state index in [4.69, 9.17) is 14.2 Å². The van der Waals surface area contributed by atoms with Crippen LogP contribution in [0.3, 0.4) is 0 Å². The van der Waals surface area contributed by atoms with Crippen LogP contribution < -0.4 is 14.8 Å². The molecular weight excluding hydrogens is 428 g/mol. The highest BCUT2D eigenvalue weighted by Gasteiger charge is 2.28. The molecule has 0 spiro atoms. The first kappa shape index (κ1) is 21.6. The van der Waals surface area contributed by atoms with Crippen LogP contribution in [0.25, 0.3) is 11.3 Å². The Hall–Kier alpha value is -3.59. The number of nitrogens with zero attached hydrogens (tertiary/aromatic N) is 3. The molecule has 2 heterocycles. The van der Waals surface area contributed by atoms with E-state index in [9.17, 15) is 4.79 Å². The molecule has 1 aliphatic rings. The van der Waals surface area contributed by atoms with Crippen molar-refractivity contribution >= 4 is 23.4 Å². The molecule has 1 N–H and O–H groups in total. The van der Waals surface area contributed by atoms with Gasteiger partial charge in [0.2, 0.25) is 17.3 Å². The van der Waals surface area contributed by atoms with E-state index in [1.807, 2.05) is 42.5 Å². The molecule has 1 aromatic heterocycles. The summed E-state index contributed by atoms with van der Waals surface area (Å²) in [5.74, 6) is 1.08. The molecule has 0 amide bonds. The number of anilines is 1. The van der Waals surface area contributed by atoms with Gasteiger partial charge in [-0.15, -0.1) is 16.8 Å². The van der Waals surface area contributed by atoms with Crippen molar-refractivity contribution in [2.75, 3.05) is 24.3 Å². The SMILES string of the molecule is C=CCSc1nnc2c(n1)O[C@@H](c1ccccc1OCC(=O)OCC)Nc1ccccc1-2. The predicted molar refractivity (Wildman–Crippen MR) is 122 cm³/mol. The maximum Gasteiger partial charge on any atom is 0.344 e. The molecular formula is C23H22N4O4S. The number of aromatic nitrogens is 3. The molecule has 8 nitrogen and oxygen atoms in total. The molecule has 0 radical (unpaired) electrons. The normalized spacial score (nSPS) is 14.1. The van der Waals surface area contributed by atoms with E-state index in [0.29, 0.717) is 40.4 Å². The fourth-order valence-electron chi connectivity index (χ4n) is 3.15. The van der Waals surface area contributed by atoms with Crippen LogP contribution in [-0.2, 0) is 9.53 Å². The summed E-state index contributed by atoms with van der Waals surface area (Å²) in [6, 6.07) is 15.1. The number of benzene rings is 2. The van der Waals surface area contributed by atoms with Gasteiger partial charge >= 0.3 is 5.97 Å². The molecule has 164 valence electrons. The second-order valence-electron chi connectivity index (χ2n) is 6.67. The quantitative estimate of drug-likeness (QED) is 0.307. The minimum absolute atomic E-state index is 0.198. The number of nitrogens with one attached hydrogen (secondary N) is 1. The third-order valence-corrected chi connectivity index (χ3v) is 5.35. The monoisotopic (exact) mass is 450 g/mol. The van der Waals surface area contributed by atoms with E-state index >= 15 is 0 Å². The highest BCUT2D eigenvalue weighted by Crippen LogP contribution is 2.41. The number of esters is 1. The van der Waals surface area contributed by atoms with Crippen LogP contribution in [-0.4, -0.2) is 40.1 Å². The highest BCUT2D eigenvalue weighted by molar-refractivity contribution is 7.99. The number of carbonyl (C=O) groups is 1. The number of hydrogen-bond donors (Lipinski definition) is 1. The van der Waals surface area contributed by atoms with Crippen LogP contribution in [0.1, 0.15) is 18.7 Å². The van der Waals surface area contributed by atoms with Gasteiger partial charge in [-0.2, -0.15) is 4.98 Å². The van der Waals surface area contributed by atoms with Crippen LogP contribution in [0, 0.1) is 0 Å². The number of para-hydroxylation sites is 2. The summed E-state index contributed by atoms with van der Waals surface area (Å²) in [5.41, 5.74) is 2.90. The topological polar surface area (TPSA) is 95.5 Å². The molecule has 4 rings (SSSR count). The van der Waals surface area contributed by atoms with Gasteiger partial charge in [0, 0.05) is 17.0 Å². The van der Waals surface area contributed by atoms with Crippen LogP contribution in [0.4, 0.5) is 5.69 Å². The van der Waals surface area contributed by atoms with Crippen molar-refractivity contribution in [1.29, 1.82) is 0 Å². The molecule has 2 aromatic carbocycles. The average molecular weight is 451 g/mol. The van der Waals surface area contributed by atoms with Crippen LogP contribution in [0.5, 0.6) is 11.6 Å². The van der Waals surface area contributed by atoms with Crippen LogP contribution >= 0.6 is 11.8 Å². The standard InChI is InChI=1S/C23H22N4O4S/c1-3-13-32-23-25-22-20(26-27-23)15-9-5-7-11-17(15)24-21(31-22)16-10-6-8-12-18(16)30-14-19(28)29-4-2/h3,5-12,21,24H,1,4,13-14H2,2H3/t21-/m0/s1. The van der Waals surface area contributed by atoms with E-state index in [1.165, 1.54) is 11.8 Å². The lowest BCUT2D eigenvalue weighted by Gasteiger charge is -2.21.